The van der Waals surface area contributed by atoms with Crippen molar-refractivity contribution in [1.29, 1.82) is 0 Å². The highest BCUT2D eigenvalue weighted by Crippen LogP contribution is 2.34. The van der Waals surface area contributed by atoms with E-state index in [1.165, 1.54) is 13.2 Å². The number of benzene rings is 2. The van der Waals surface area contributed by atoms with E-state index < -0.39 is 29.3 Å². The molecular weight excluding hydrogens is 360 g/mol. The number of methoxy groups -OCH3 is 2. The van der Waals surface area contributed by atoms with Crippen LogP contribution in [0.15, 0.2) is 30.3 Å². The van der Waals surface area contributed by atoms with Gasteiger partial charge in [-0.1, -0.05) is 13.8 Å². The first-order valence-corrected chi connectivity index (χ1v) is 8.01. The summed E-state index contributed by atoms with van der Waals surface area (Å²) in [6, 6.07) is 6.48. The second-order valence-electron chi connectivity index (χ2n) is 5.88. The van der Waals surface area contributed by atoms with Gasteiger partial charge in [-0.05, 0) is 24.1 Å². The van der Waals surface area contributed by atoms with E-state index in [9.17, 15) is 18.4 Å². The molecule has 0 saturated carbocycles. The Kier molecular flexibility index (Phi) is 6.33. The van der Waals surface area contributed by atoms with E-state index in [0.717, 1.165) is 24.8 Å². The van der Waals surface area contributed by atoms with Gasteiger partial charge in [0.15, 0.2) is 17.4 Å². The first-order valence-electron chi connectivity index (χ1n) is 8.01. The van der Waals surface area contributed by atoms with Crippen molar-refractivity contribution in [3.8, 4) is 17.2 Å². The van der Waals surface area contributed by atoms with Crippen LogP contribution in [-0.4, -0.2) is 26.1 Å². The Hall–Kier alpha value is -3.16. The smallest absolute Gasteiger partial charge is 0.396 e. The van der Waals surface area contributed by atoms with Crippen molar-refractivity contribution in [1.82, 2.24) is 0 Å². The molecule has 0 fully saturated rings. The Morgan fingerprint density at radius 2 is 1.67 bits per heavy atom. The molecule has 0 spiro atoms. The average molecular weight is 379 g/mol. The molecule has 0 heterocycles. The summed E-state index contributed by atoms with van der Waals surface area (Å²) >= 11 is 0. The van der Waals surface area contributed by atoms with E-state index >= 15 is 0 Å². The predicted octanol–water partition coefficient (Wildman–Crippen LogP) is 4.00. The molecule has 27 heavy (non-hydrogen) atoms. The summed E-state index contributed by atoms with van der Waals surface area (Å²) in [6.45, 7) is 3.89. The highest BCUT2D eigenvalue weighted by molar-refractivity contribution is 6.37. The van der Waals surface area contributed by atoms with Crippen molar-refractivity contribution in [2.24, 2.45) is 0 Å². The van der Waals surface area contributed by atoms with Gasteiger partial charge in [-0.15, -0.1) is 0 Å². The van der Waals surface area contributed by atoms with Crippen molar-refractivity contribution in [3.05, 3.63) is 47.5 Å². The van der Waals surface area contributed by atoms with Gasteiger partial charge in [0, 0.05) is 23.4 Å². The number of nitrogens with one attached hydrogen (secondary N) is 1. The number of esters is 1. The number of ether oxygens (including phenoxy) is 3. The van der Waals surface area contributed by atoms with E-state index in [-0.39, 0.29) is 17.4 Å². The van der Waals surface area contributed by atoms with Crippen LogP contribution in [0.4, 0.5) is 14.5 Å². The van der Waals surface area contributed by atoms with E-state index in [1.54, 1.807) is 12.1 Å². The van der Waals surface area contributed by atoms with Crippen LogP contribution in [-0.2, 0) is 14.3 Å². The van der Waals surface area contributed by atoms with Gasteiger partial charge in [-0.25, -0.2) is 13.6 Å². The molecule has 0 unspecified atom stereocenters. The number of rotatable bonds is 5. The Morgan fingerprint density at radius 3 is 2.19 bits per heavy atom. The molecule has 1 N–H and O–H groups in total. The maximum Gasteiger partial charge on any atom is 0.396 e. The van der Waals surface area contributed by atoms with E-state index in [1.807, 2.05) is 19.2 Å². The Morgan fingerprint density at radius 1 is 1.04 bits per heavy atom. The molecule has 0 aliphatic carbocycles. The third-order valence-corrected chi connectivity index (χ3v) is 3.67. The number of anilines is 1. The van der Waals surface area contributed by atoms with Crippen LogP contribution in [0.3, 0.4) is 0 Å². The summed E-state index contributed by atoms with van der Waals surface area (Å²) < 4.78 is 43.4. The Bertz CT molecular complexity index is 844. The minimum Gasteiger partial charge on any atom is -0.496 e. The number of hydrogen-bond acceptors (Lipinski definition) is 5. The molecule has 6 nitrogen and oxygen atoms in total. The van der Waals surface area contributed by atoms with Gasteiger partial charge in [-0.2, -0.15) is 0 Å². The normalized spacial score (nSPS) is 10.5. The van der Waals surface area contributed by atoms with Gasteiger partial charge < -0.3 is 19.5 Å². The van der Waals surface area contributed by atoms with Crippen molar-refractivity contribution in [2.45, 2.75) is 19.8 Å². The van der Waals surface area contributed by atoms with Gasteiger partial charge in [0.1, 0.15) is 11.5 Å². The standard InChI is InChI=1S/C19H19F2NO5/c1-10(2)13-9-12(5-6-16(13)25-3)27-17-14(20)7-11(8-15(17)21)22-18(23)19(24)26-4/h5-10H,1-4H3,(H,22,23). The second-order valence-corrected chi connectivity index (χ2v) is 5.88. The average Bonchev–Trinajstić information content (AvgIpc) is 2.63. The van der Waals surface area contributed by atoms with E-state index in [4.69, 9.17) is 9.47 Å². The summed E-state index contributed by atoms with van der Waals surface area (Å²) in [5.41, 5.74) is 0.572. The molecule has 0 atom stereocenters. The van der Waals surface area contributed by atoms with Gasteiger partial charge >= 0.3 is 11.9 Å². The number of amides is 1. The van der Waals surface area contributed by atoms with Crippen LogP contribution >= 0.6 is 0 Å². The van der Waals surface area contributed by atoms with Gasteiger partial charge in [0.2, 0.25) is 0 Å². The topological polar surface area (TPSA) is 73.9 Å². The quantitative estimate of drug-likeness (QED) is 0.628. The number of carbonyl (C=O) groups is 2. The highest BCUT2D eigenvalue weighted by Gasteiger charge is 2.19. The predicted molar refractivity (Wildman–Crippen MR) is 94.2 cm³/mol. The van der Waals surface area contributed by atoms with Crippen LogP contribution in [0.25, 0.3) is 0 Å². The van der Waals surface area contributed by atoms with Crippen molar-refractivity contribution >= 4 is 17.6 Å². The summed E-state index contributed by atoms with van der Waals surface area (Å²) in [6.07, 6.45) is 0. The minimum absolute atomic E-state index is 0.106. The lowest BCUT2D eigenvalue weighted by molar-refractivity contribution is -0.150. The van der Waals surface area contributed by atoms with Crippen LogP contribution in [0.5, 0.6) is 17.2 Å². The maximum atomic E-state index is 14.3. The zero-order valence-electron chi connectivity index (χ0n) is 15.3. The number of halogens is 2. The zero-order valence-corrected chi connectivity index (χ0v) is 15.3. The van der Waals surface area contributed by atoms with Crippen LogP contribution in [0.2, 0.25) is 0 Å². The van der Waals surface area contributed by atoms with Gasteiger partial charge in [0.25, 0.3) is 0 Å². The molecule has 0 radical (unpaired) electrons. The summed E-state index contributed by atoms with van der Waals surface area (Å²) in [5, 5.41) is 2.04. The zero-order chi connectivity index (χ0) is 20.1. The fourth-order valence-corrected chi connectivity index (χ4v) is 2.35. The van der Waals surface area contributed by atoms with Gasteiger partial charge in [0.05, 0.1) is 14.2 Å². The summed E-state index contributed by atoms with van der Waals surface area (Å²) in [5.74, 6) is -4.09. The lowest BCUT2D eigenvalue weighted by Crippen LogP contribution is -2.24. The molecule has 0 saturated heterocycles. The van der Waals surface area contributed by atoms with Crippen LogP contribution < -0.4 is 14.8 Å². The highest BCUT2D eigenvalue weighted by atomic mass is 19.1. The largest absolute Gasteiger partial charge is 0.496 e. The molecule has 8 heteroatoms. The van der Waals surface area contributed by atoms with Gasteiger partial charge in [-0.3, -0.25) is 4.79 Å². The van der Waals surface area contributed by atoms with E-state index in [2.05, 4.69) is 4.74 Å². The van der Waals surface area contributed by atoms with Crippen LogP contribution in [0.1, 0.15) is 25.3 Å². The summed E-state index contributed by atoms with van der Waals surface area (Å²) in [4.78, 5) is 22.5. The molecule has 1 amide bonds. The first kappa shape index (κ1) is 20.2. The van der Waals surface area contributed by atoms with Crippen LogP contribution in [0, 0.1) is 11.6 Å². The molecule has 2 aromatic rings. The molecule has 0 aromatic heterocycles. The lowest BCUT2D eigenvalue weighted by atomic mass is 10.0. The fourth-order valence-electron chi connectivity index (χ4n) is 2.35. The number of carbonyl (C=O) groups excluding carboxylic acids is 2. The third-order valence-electron chi connectivity index (χ3n) is 3.67. The summed E-state index contributed by atoms with van der Waals surface area (Å²) in [7, 11) is 2.54. The van der Waals surface area contributed by atoms with Crippen molar-refractivity contribution in [2.75, 3.05) is 19.5 Å². The fraction of sp³-hybridized carbons (Fsp3) is 0.263. The Labute approximate surface area is 155 Å². The number of hydrogen-bond donors (Lipinski definition) is 1. The maximum absolute atomic E-state index is 14.3. The monoisotopic (exact) mass is 379 g/mol. The van der Waals surface area contributed by atoms with Crippen molar-refractivity contribution in [3.63, 3.8) is 0 Å². The SMILES string of the molecule is COC(=O)C(=O)Nc1cc(F)c(Oc2ccc(OC)c(C(C)C)c2)c(F)c1. The molecule has 2 rings (SSSR count). The Balaban J connectivity index is 2.29. The molecule has 0 aliphatic rings. The molecular formula is C19H19F2NO5. The minimum atomic E-state index is -1.18. The molecule has 0 aliphatic heterocycles. The molecule has 2 aromatic carbocycles. The molecule has 0 bridgehead atoms. The third kappa shape index (κ3) is 4.72. The lowest BCUT2D eigenvalue weighted by Gasteiger charge is -2.15. The van der Waals surface area contributed by atoms with Crippen molar-refractivity contribution < 1.29 is 32.6 Å². The second kappa shape index (κ2) is 8.48. The van der Waals surface area contributed by atoms with E-state index in [0.29, 0.717) is 5.75 Å². The molecule has 144 valence electrons. The first-order chi connectivity index (χ1) is 12.8.